The summed E-state index contributed by atoms with van der Waals surface area (Å²) in [5.74, 6) is 0.427. The summed E-state index contributed by atoms with van der Waals surface area (Å²) < 4.78 is 36.7. The predicted molar refractivity (Wildman–Crippen MR) is 177 cm³/mol. The minimum atomic E-state index is -1.26. The summed E-state index contributed by atoms with van der Waals surface area (Å²) >= 11 is -1.26. The van der Waals surface area contributed by atoms with Crippen LogP contribution >= 0.6 is 0 Å². The van der Waals surface area contributed by atoms with Crippen molar-refractivity contribution in [2.24, 2.45) is 0 Å². The molecule has 3 aromatic rings. The van der Waals surface area contributed by atoms with Gasteiger partial charge in [0.2, 0.25) is 0 Å². The first kappa shape index (κ1) is 34.0. The molecule has 9 nitrogen and oxygen atoms in total. The Morgan fingerprint density at radius 2 is 1.91 bits per heavy atom. The van der Waals surface area contributed by atoms with Crippen LogP contribution in [-0.2, 0) is 32.3 Å². The van der Waals surface area contributed by atoms with Crippen LogP contribution in [0.1, 0.15) is 78.1 Å². The largest absolute Gasteiger partial charge is 0.598 e. The van der Waals surface area contributed by atoms with Crippen molar-refractivity contribution in [3.63, 3.8) is 0 Å². The van der Waals surface area contributed by atoms with Crippen molar-refractivity contribution in [1.82, 2.24) is 24.5 Å². The van der Waals surface area contributed by atoms with Crippen LogP contribution in [0.5, 0.6) is 0 Å². The third-order valence-corrected chi connectivity index (χ3v) is 11.2. The second-order valence-electron chi connectivity index (χ2n) is 13.7. The van der Waals surface area contributed by atoms with Gasteiger partial charge < -0.3 is 23.3 Å². The van der Waals surface area contributed by atoms with Crippen molar-refractivity contribution in [2.45, 2.75) is 115 Å². The Balaban J connectivity index is 1.57. The number of unbranched alkanes of at least 4 members (excludes halogenated alkanes) is 2. The average Bonchev–Trinajstić information content (AvgIpc) is 3.61. The van der Waals surface area contributed by atoms with E-state index < -0.39 is 30.0 Å². The fourth-order valence-corrected chi connectivity index (χ4v) is 6.80. The molecule has 1 saturated heterocycles. The molecular formula is C32H51N5O4SSi. The normalized spacial score (nSPS) is 17.0. The van der Waals surface area contributed by atoms with Crippen LogP contribution in [0.4, 0.5) is 0 Å². The zero-order valence-corrected chi connectivity index (χ0v) is 29.0. The summed E-state index contributed by atoms with van der Waals surface area (Å²) in [7, 11) is -1.24. The molecule has 0 aliphatic carbocycles. The molecule has 2 atom stereocenters. The number of nitrogens with one attached hydrogen (secondary N) is 1. The van der Waals surface area contributed by atoms with E-state index in [1.165, 1.54) is 0 Å². The molecule has 4 rings (SSSR count). The molecule has 238 valence electrons. The zero-order chi connectivity index (χ0) is 31.1. The molecule has 1 aromatic carbocycles. The number of rotatable bonds is 16. The van der Waals surface area contributed by atoms with Crippen LogP contribution in [-0.4, -0.2) is 62.7 Å². The van der Waals surface area contributed by atoms with Gasteiger partial charge in [0.25, 0.3) is 0 Å². The lowest BCUT2D eigenvalue weighted by molar-refractivity contribution is -0.164. The molecule has 1 N–H and O–H groups in total. The highest BCUT2D eigenvalue weighted by molar-refractivity contribution is 7.90. The summed E-state index contributed by atoms with van der Waals surface area (Å²) in [5, 5.41) is 9.27. The molecule has 1 unspecified atom stereocenters. The number of hydrogen-bond acceptors (Lipinski definition) is 8. The molecule has 2 aromatic heterocycles. The van der Waals surface area contributed by atoms with Crippen LogP contribution in [0.15, 0.2) is 36.7 Å². The first-order valence-corrected chi connectivity index (χ1v) is 20.6. The fourth-order valence-electron chi connectivity index (χ4n) is 5.20. The topological polar surface area (TPSA) is 106 Å². The van der Waals surface area contributed by atoms with Gasteiger partial charge in [-0.25, -0.2) is 4.98 Å². The minimum Gasteiger partial charge on any atom is -0.598 e. The molecule has 0 amide bonds. The van der Waals surface area contributed by atoms with Crippen LogP contribution in [0.3, 0.4) is 0 Å². The van der Waals surface area contributed by atoms with Crippen LogP contribution in [0.2, 0.25) is 25.7 Å². The van der Waals surface area contributed by atoms with Crippen molar-refractivity contribution in [1.29, 1.82) is 0 Å². The molecule has 1 aliphatic heterocycles. The Hall–Kier alpha value is -1.86. The first-order valence-electron chi connectivity index (χ1n) is 15.7. The van der Waals surface area contributed by atoms with E-state index in [0.29, 0.717) is 26.6 Å². The van der Waals surface area contributed by atoms with E-state index in [2.05, 4.69) is 58.2 Å². The number of aromatic nitrogens is 4. The number of hydrogen-bond donors (Lipinski definition) is 1. The number of imidazole rings is 1. The number of benzene rings is 1. The van der Waals surface area contributed by atoms with E-state index in [4.69, 9.17) is 19.2 Å². The lowest BCUT2D eigenvalue weighted by Gasteiger charge is -2.28. The zero-order valence-electron chi connectivity index (χ0n) is 27.1. The van der Waals surface area contributed by atoms with Gasteiger partial charge in [0, 0.05) is 43.4 Å². The maximum absolute atomic E-state index is 13.4. The number of nitrogens with zero attached hydrogens (tertiary/aromatic N) is 4. The summed E-state index contributed by atoms with van der Waals surface area (Å²) in [4.78, 5) is 4.95. The van der Waals surface area contributed by atoms with Crippen molar-refractivity contribution in [3.8, 4) is 11.3 Å². The van der Waals surface area contributed by atoms with Gasteiger partial charge in [0.05, 0.1) is 36.8 Å². The molecule has 0 spiro atoms. The average molecular weight is 630 g/mol. The predicted octanol–water partition coefficient (Wildman–Crippen LogP) is 7.00. The molecule has 0 saturated carbocycles. The van der Waals surface area contributed by atoms with E-state index in [9.17, 15) is 4.55 Å². The Morgan fingerprint density at radius 1 is 1.14 bits per heavy atom. The first-order chi connectivity index (χ1) is 20.4. The van der Waals surface area contributed by atoms with Gasteiger partial charge in [-0.05, 0) is 64.3 Å². The molecule has 1 aliphatic rings. The van der Waals surface area contributed by atoms with Crippen LogP contribution in [0.25, 0.3) is 22.2 Å². The van der Waals surface area contributed by atoms with Crippen LogP contribution < -0.4 is 4.72 Å². The molecule has 11 heteroatoms. The molecule has 0 radical (unpaired) electrons. The summed E-state index contributed by atoms with van der Waals surface area (Å²) in [5.41, 5.74) is 2.85. The van der Waals surface area contributed by atoms with Crippen molar-refractivity contribution < 1.29 is 18.8 Å². The smallest absolute Gasteiger partial charge is 0.168 e. The van der Waals surface area contributed by atoms with Gasteiger partial charge in [-0.3, -0.25) is 0 Å². The maximum Gasteiger partial charge on any atom is 0.168 e. The molecular weight excluding hydrogens is 579 g/mol. The highest BCUT2D eigenvalue weighted by Gasteiger charge is 2.34. The molecule has 43 heavy (non-hydrogen) atoms. The third kappa shape index (κ3) is 9.56. The Labute approximate surface area is 261 Å². The van der Waals surface area contributed by atoms with E-state index >= 15 is 0 Å². The van der Waals surface area contributed by atoms with Gasteiger partial charge in [-0.2, -0.15) is 10.2 Å². The second-order valence-corrected chi connectivity index (χ2v) is 21.3. The summed E-state index contributed by atoms with van der Waals surface area (Å²) in [6.45, 7) is 17.6. The van der Waals surface area contributed by atoms with Crippen molar-refractivity contribution in [3.05, 3.63) is 42.5 Å². The van der Waals surface area contributed by atoms with E-state index in [1.807, 2.05) is 39.1 Å². The highest BCUT2D eigenvalue weighted by atomic mass is 32.2. The van der Waals surface area contributed by atoms with Gasteiger partial charge in [-0.1, -0.05) is 45.5 Å². The molecule has 0 bridgehead atoms. The van der Waals surface area contributed by atoms with Gasteiger partial charge in [-0.15, -0.1) is 4.72 Å². The standard InChI is InChI=1S/C32H51N5O4SSi/c1-8-32(40-18-19-41-32)16-11-9-10-12-28(36-42(38)31(2,3)4)30-33-23-29(37(30)24-39-20-21-43(5,6)7)26-13-14-27-25(22-26)15-17-34-35-27/h13-15,17,22-23,28,36H,8-12,16,18-21,24H2,1-7H3/t28-,42?/m0/s1. The van der Waals surface area contributed by atoms with Gasteiger partial charge in [0.15, 0.2) is 5.79 Å². The minimum absolute atomic E-state index is 0.195. The number of fused-ring (bicyclic) bond motifs is 1. The van der Waals surface area contributed by atoms with Crippen LogP contribution in [0, 0.1) is 0 Å². The maximum atomic E-state index is 13.4. The van der Waals surface area contributed by atoms with Crippen molar-refractivity contribution in [2.75, 3.05) is 19.8 Å². The third-order valence-electron chi connectivity index (χ3n) is 7.93. The Bertz CT molecular complexity index is 1300. The van der Waals surface area contributed by atoms with Crippen molar-refractivity contribution >= 4 is 30.3 Å². The number of ether oxygens (including phenoxy) is 3. The van der Waals surface area contributed by atoms with Gasteiger partial charge >= 0.3 is 0 Å². The quantitative estimate of drug-likeness (QED) is 0.103. The Kier molecular flexibility index (Phi) is 11.8. The Morgan fingerprint density at radius 3 is 2.60 bits per heavy atom. The summed E-state index contributed by atoms with van der Waals surface area (Å²) in [6.07, 6.45) is 9.20. The SMILES string of the molecule is CCC1(CCCCC[C@H](N[S+]([O-])C(C)(C)C)c2ncc(-c3ccc4nnccc4c3)n2COCC[Si](C)(C)C)OCCO1. The lowest BCUT2D eigenvalue weighted by Crippen LogP contribution is -2.42. The summed E-state index contributed by atoms with van der Waals surface area (Å²) in [6, 6.07) is 9.03. The second kappa shape index (κ2) is 14.9. The van der Waals surface area contributed by atoms with E-state index in [-0.39, 0.29) is 6.04 Å². The van der Waals surface area contributed by atoms with E-state index in [1.54, 1.807) is 6.20 Å². The van der Waals surface area contributed by atoms with E-state index in [0.717, 1.165) is 72.6 Å². The van der Waals surface area contributed by atoms with Gasteiger partial charge in [0.1, 0.15) is 23.3 Å². The monoisotopic (exact) mass is 629 g/mol. The fraction of sp³-hybridized carbons (Fsp3) is 0.656. The molecule has 3 heterocycles. The molecule has 1 fully saturated rings. The lowest BCUT2D eigenvalue weighted by atomic mass is 10.0. The highest BCUT2D eigenvalue weighted by Crippen LogP contribution is 2.32.